The summed E-state index contributed by atoms with van der Waals surface area (Å²) in [5.41, 5.74) is 1.96. The Hall–Kier alpha value is -1.88. The molecular weight excluding hydrogens is 246 g/mol. The molecule has 0 fully saturated rings. The Morgan fingerprint density at radius 3 is 2.68 bits per heavy atom. The van der Waals surface area contributed by atoms with Crippen LogP contribution in [0.4, 0.5) is 0 Å². The van der Waals surface area contributed by atoms with E-state index in [1.54, 1.807) is 0 Å². The molecule has 0 saturated heterocycles. The predicted molar refractivity (Wildman–Crippen MR) is 71.0 cm³/mol. The lowest BCUT2D eigenvalue weighted by Crippen LogP contribution is -2.38. The number of methoxy groups -OCH3 is 1. The largest absolute Gasteiger partial charge is 0.480 e. The third kappa shape index (κ3) is 5.52. The minimum absolute atomic E-state index is 0.204. The summed E-state index contributed by atoms with van der Waals surface area (Å²) >= 11 is 0. The molecule has 0 unspecified atom stereocenters. The molecule has 0 spiro atoms. The highest BCUT2D eigenvalue weighted by molar-refractivity contribution is 5.83. The van der Waals surface area contributed by atoms with Crippen LogP contribution in [0.5, 0.6) is 0 Å². The van der Waals surface area contributed by atoms with Crippen molar-refractivity contribution in [2.75, 3.05) is 26.8 Å². The SMILES string of the molecule is COCCN(CC(=O)O)C(=O)Cc1cccc(C)c1. The molecule has 5 nitrogen and oxygen atoms in total. The second kappa shape index (κ2) is 7.53. The summed E-state index contributed by atoms with van der Waals surface area (Å²) in [6.07, 6.45) is 0.207. The van der Waals surface area contributed by atoms with Crippen molar-refractivity contribution >= 4 is 11.9 Å². The molecule has 0 atom stereocenters. The average molecular weight is 265 g/mol. The van der Waals surface area contributed by atoms with Crippen LogP contribution in [0.2, 0.25) is 0 Å². The molecule has 0 saturated carbocycles. The van der Waals surface area contributed by atoms with Crippen LogP contribution < -0.4 is 0 Å². The highest BCUT2D eigenvalue weighted by Gasteiger charge is 2.16. The summed E-state index contributed by atoms with van der Waals surface area (Å²) in [4.78, 5) is 24.1. The molecule has 104 valence electrons. The Morgan fingerprint density at radius 1 is 1.37 bits per heavy atom. The molecule has 0 aliphatic heterocycles. The van der Waals surface area contributed by atoms with Gasteiger partial charge < -0.3 is 14.7 Å². The van der Waals surface area contributed by atoms with E-state index < -0.39 is 5.97 Å². The van der Waals surface area contributed by atoms with Gasteiger partial charge in [-0.25, -0.2) is 0 Å². The van der Waals surface area contributed by atoms with Crippen LogP contribution in [0.25, 0.3) is 0 Å². The van der Waals surface area contributed by atoms with E-state index in [0.29, 0.717) is 6.61 Å². The van der Waals surface area contributed by atoms with Crippen molar-refractivity contribution in [3.63, 3.8) is 0 Å². The zero-order valence-electron chi connectivity index (χ0n) is 11.3. The molecule has 0 aliphatic rings. The highest BCUT2D eigenvalue weighted by Crippen LogP contribution is 2.06. The molecule has 0 aromatic heterocycles. The molecular formula is C14H19NO4. The summed E-state index contributed by atoms with van der Waals surface area (Å²) < 4.78 is 4.89. The van der Waals surface area contributed by atoms with Gasteiger partial charge >= 0.3 is 5.97 Å². The maximum atomic E-state index is 12.1. The number of aryl methyl sites for hydroxylation is 1. The van der Waals surface area contributed by atoms with E-state index in [-0.39, 0.29) is 25.4 Å². The Kier molecular flexibility index (Phi) is 6.02. The third-order valence-electron chi connectivity index (χ3n) is 2.68. The number of hydrogen-bond acceptors (Lipinski definition) is 3. The van der Waals surface area contributed by atoms with Crippen molar-refractivity contribution in [1.29, 1.82) is 0 Å². The fourth-order valence-corrected chi connectivity index (χ4v) is 1.77. The lowest BCUT2D eigenvalue weighted by atomic mass is 10.1. The summed E-state index contributed by atoms with van der Waals surface area (Å²) in [5.74, 6) is -1.22. The number of nitrogens with zero attached hydrogens (tertiary/aromatic N) is 1. The van der Waals surface area contributed by atoms with E-state index in [4.69, 9.17) is 9.84 Å². The second-order valence-electron chi connectivity index (χ2n) is 4.37. The van der Waals surface area contributed by atoms with E-state index in [2.05, 4.69) is 0 Å². The molecule has 5 heteroatoms. The number of benzene rings is 1. The zero-order valence-corrected chi connectivity index (χ0v) is 11.3. The Balaban J connectivity index is 2.67. The molecule has 1 aromatic rings. The minimum Gasteiger partial charge on any atom is -0.480 e. The van der Waals surface area contributed by atoms with Gasteiger partial charge in [0.25, 0.3) is 0 Å². The molecule has 1 amide bonds. The molecule has 19 heavy (non-hydrogen) atoms. The number of carboxylic acids is 1. The van der Waals surface area contributed by atoms with Gasteiger partial charge in [0.05, 0.1) is 13.0 Å². The zero-order chi connectivity index (χ0) is 14.3. The minimum atomic E-state index is -1.02. The van der Waals surface area contributed by atoms with Crippen LogP contribution in [0.1, 0.15) is 11.1 Å². The van der Waals surface area contributed by atoms with Crippen LogP contribution in [0, 0.1) is 6.92 Å². The van der Waals surface area contributed by atoms with E-state index >= 15 is 0 Å². The fourth-order valence-electron chi connectivity index (χ4n) is 1.77. The number of hydrogen-bond donors (Lipinski definition) is 1. The molecule has 0 radical (unpaired) electrons. The second-order valence-corrected chi connectivity index (χ2v) is 4.37. The number of carbonyl (C=O) groups excluding carboxylic acids is 1. The molecule has 0 bridgehead atoms. The van der Waals surface area contributed by atoms with E-state index in [0.717, 1.165) is 11.1 Å². The van der Waals surface area contributed by atoms with Crippen LogP contribution >= 0.6 is 0 Å². The van der Waals surface area contributed by atoms with Crippen molar-refractivity contribution in [2.45, 2.75) is 13.3 Å². The van der Waals surface area contributed by atoms with Gasteiger partial charge in [0.1, 0.15) is 6.54 Å². The van der Waals surface area contributed by atoms with Gasteiger partial charge in [-0.05, 0) is 12.5 Å². The first-order valence-electron chi connectivity index (χ1n) is 6.07. The summed E-state index contributed by atoms with van der Waals surface area (Å²) in [6, 6.07) is 7.62. The van der Waals surface area contributed by atoms with Crippen molar-refractivity contribution in [2.24, 2.45) is 0 Å². The Bertz CT molecular complexity index is 445. The quantitative estimate of drug-likeness (QED) is 0.801. The Labute approximate surface area is 112 Å². The lowest BCUT2D eigenvalue weighted by Gasteiger charge is -2.20. The monoisotopic (exact) mass is 265 g/mol. The van der Waals surface area contributed by atoms with E-state index in [1.807, 2.05) is 31.2 Å². The summed E-state index contributed by atoms with van der Waals surface area (Å²) in [6.45, 7) is 2.27. The van der Waals surface area contributed by atoms with E-state index in [1.165, 1.54) is 12.0 Å². The number of aliphatic carboxylic acids is 1. The van der Waals surface area contributed by atoms with E-state index in [9.17, 15) is 9.59 Å². The molecule has 1 N–H and O–H groups in total. The van der Waals surface area contributed by atoms with Gasteiger partial charge in [0.2, 0.25) is 5.91 Å². The molecule has 1 rings (SSSR count). The Morgan fingerprint density at radius 2 is 2.11 bits per heavy atom. The number of carbonyl (C=O) groups is 2. The van der Waals surface area contributed by atoms with Crippen LogP contribution in [-0.4, -0.2) is 48.7 Å². The molecule has 1 aromatic carbocycles. The first kappa shape index (κ1) is 15.2. The first-order chi connectivity index (χ1) is 9.02. The molecule has 0 aliphatic carbocycles. The highest BCUT2D eigenvalue weighted by atomic mass is 16.5. The normalized spacial score (nSPS) is 10.2. The standard InChI is InChI=1S/C14H19NO4/c1-11-4-3-5-12(8-11)9-13(16)15(6-7-19-2)10-14(17)18/h3-5,8H,6-7,9-10H2,1-2H3,(H,17,18). The lowest BCUT2D eigenvalue weighted by molar-refractivity contribution is -0.144. The van der Waals surface area contributed by atoms with Gasteiger partial charge in [-0.15, -0.1) is 0 Å². The smallest absolute Gasteiger partial charge is 0.323 e. The van der Waals surface area contributed by atoms with Gasteiger partial charge in [0.15, 0.2) is 0 Å². The number of rotatable bonds is 7. The van der Waals surface area contributed by atoms with Crippen molar-refractivity contribution in [3.05, 3.63) is 35.4 Å². The van der Waals surface area contributed by atoms with Crippen LogP contribution in [0.3, 0.4) is 0 Å². The van der Waals surface area contributed by atoms with Gasteiger partial charge in [0, 0.05) is 13.7 Å². The maximum Gasteiger partial charge on any atom is 0.323 e. The van der Waals surface area contributed by atoms with Crippen molar-refractivity contribution in [3.8, 4) is 0 Å². The van der Waals surface area contributed by atoms with Gasteiger partial charge in [-0.3, -0.25) is 9.59 Å². The fraction of sp³-hybridized carbons (Fsp3) is 0.429. The predicted octanol–water partition coefficient (Wildman–Crippen LogP) is 1.10. The van der Waals surface area contributed by atoms with Crippen LogP contribution in [-0.2, 0) is 20.7 Å². The summed E-state index contributed by atoms with van der Waals surface area (Å²) in [7, 11) is 1.52. The van der Waals surface area contributed by atoms with Crippen molar-refractivity contribution in [1.82, 2.24) is 4.90 Å². The topological polar surface area (TPSA) is 66.8 Å². The maximum absolute atomic E-state index is 12.1. The number of carboxylic acid groups (broad SMARTS) is 1. The third-order valence-corrected chi connectivity index (χ3v) is 2.68. The molecule has 0 heterocycles. The van der Waals surface area contributed by atoms with Gasteiger partial charge in [-0.1, -0.05) is 29.8 Å². The number of ether oxygens (including phenoxy) is 1. The van der Waals surface area contributed by atoms with Crippen LogP contribution in [0.15, 0.2) is 24.3 Å². The van der Waals surface area contributed by atoms with Gasteiger partial charge in [-0.2, -0.15) is 0 Å². The average Bonchev–Trinajstić information content (AvgIpc) is 2.34. The summed E-state index contributed by atoms with van der Waals surface area (Å²) in [5, 5.41) is 8.81. The first-order valence-corrected chi connectivity index (χ1v) is 6.07. The number of amides is 1. The van der Waals surface area contributed by atoms with Crippen molar-refractivity contribution < 1.29 is 19.4 Å².